The van der Waals surface area contributed by atoms with E-state index < -0.39 is 39.4 Å². The molecule has 0 aliphatic rings. The van der Waals surface area contributed by atoms with Gasteiger partial charge in [0.25, 0.3) is 5.91 Å². The zero-order valence-corrected chi connectivity index (χ0v) is 19.6. The summed E-state index contributed by atoms with van der Waals surface area (Å²) in [6.45, 7) is 5.21. The number of hydrogen-bond donors (Lipinski definition) is 2. The summed E-state index contributed by atoms with van der Waals surface area (Å²) in [5, 5.41) is 2.46. The molecule has 180 valence electrons. The molecule has 0 saturated heterocycles. The van der Waals surface area contributed by atoms with Crippen LogP contribution in [-0.4, -0.2) is 48.8 Å². The van der Waals surface area contributed by atoms with Gasteiger partial charge in [-0.3, -0.25) is 9.59 Å². The minimum atomic E-state index is -3.83. The molecule has 1 atom stereocenters. The van der Waals surface area contributed by atoms with Crippen LogP contribution in [0.15, 0.2) is 58.2 Å². The van der Waals surface area contributed by atoms with E-state index in [0.717, 1.165) is 6.07 Å². The maximum atomic E-state index is 13.8. The molecular weight excluding hydrogens is 465 g/mol. The average Bonchev–Trinajstić information content (AvgIpc) is 2.80. The lowest BCUT2D eigenvalue weighted by Gasteiger charge is -2.19. The van der Waals surface area contributed by atoms with Crippen LogP contribution in [0, 0.1) is 5.82 Å². The number of nitrogens with zero attached hydrogens (tertiary/aromatic N) is 1. The first-order chi connectivity index (χ1) is 16.1. The molecule has 0 bridgehead atoms. The van der Waals surface area contributed by atoms with Gasteiger partial charge in [0.05, 0.1) is 16.1 Å². The van der Waals surface area contributed by atoms with Gasteiger partial charge >= 0.3 is 5.97 Å². The maximum absolute atomic E-state index is 13.8. The normalized spacial score (nSPS) is 12.5. The number of ether oxygens (including phenoxy) is 1. The lowest BCUT2D eigenvalue weighted by Crippen LogP contribution is -2.31. The van der Waals surface area contributed by atoms with Gasteiger partial charge < -0.3 is 15.0 Å². The standard InChI is InChI=1S/C23H24FN3O6S/c1-4-27(5-2)34(31,32)15-10-11-19-16(12-15)17(13-21(28)25-19)23(30)33-14(3)22(29)26-20-9-7-6-8-18(20)24/h6-14H,4-5H2,1-3H3,(H,25,28)(H,26,29)/t14-/m1/s1. The van der Waals surface area contributed by atoms with Gasteiger partial charge in [0.1, 0.15) is 5.82 Å². The number of aromatic nitrogens is 1. The fourth-order valence-electron chi connectivity index (χ4n) is 3.35. The van der Waals surface area contributed by atoms with Crippen LogP contribution in [0.5, 0.6) is 0 Å². The molecule has 1 heterocycles. The summed E-state index contributed by atoms with van der Waals surface area (Å²) in [6.07, 6.45) is -1.33. The van der Waals surface area contributed by atoms with Gasteiger partial charge in [0, 0.05) is 30.1 Å². The fourth-order valence-corrected chi connectivity index (χ4v) is 4.83. The second-order valence-electron chi connectivity index (χ2n) is 7.36. The van der Waals surface area contributed by atoms with Crippen molar-refractivity contribution in [1.82, 2.24) is 9.29 Å². The van der Waals surface area contributed by atoms with Crippen molar-refractivity contribution < 1.29 is 27.1 Å². The van der Waals surface area contributed by atoms with Crippen molar-refractivity contribution in [3.63, 3.8) is 0 Å². The van der Waals surface area contributed by atoms with Crippen molar-refractivity contribution in [2.45, 2.75) is 31.8 Å². The van der Waals surface area contributed by atoms with E-state index in [1.807, 2.05) is 0 Å². The number of aromatic amines is 1. The molecule has 11 heteroatoms. The highest BCUT2D eigenvalue weighted by molar-refractivity contribution is 7.89. The van der Waals surface area contributed by atoms with E-state index in [0.29, 0.717) is 0 Å². The van der Waals surface area contributed by atoms with E-state index in [4.69, 9.17) is 4.74 Å². The lowest BCUT2D eigenvalue weighted by atomic mass is 10.1. The number of carbonyl (C=O) groups is 2. The molecule has 2 aromatic carbocycles. The van der Waals surface area contributed by atoms with Crippen molar-refractivity contribution in [2.75, 3.05) is 18.4 Å². The number of pyridine rings is 1. The predicted octanol–water partition coefficient (Wildman–Crippen LogP) is 2.88. The average molecular weight is 490 g/mol. The second kappa shape index (κ2) is 10.1. The Hall–Kier alpha value is -3.57. The van der Waals surface area contributed by atoms with Crippen molar-refractivity contribution >= 4 is 38.5 Å². The van der Waals surface area contributed by atoms with Gasteiger partial charge in [-0.1, -0.05) is 26.0 Å². The smallest absolute Gasteiger partial charge is 0.339 e. The number of hydrogen-bond acceptors (Lipinski definition) is 6. The molecule has 0 radical (unpaired) electrons. The van der Waals surface area contributed by atoms with E-state index in [1.54, 1.807) is 13.8 Å². The van der Waals surface area contributed by atoms with Crippen molar-refractivity contribution in [2.24, 2.45) is 0 Å². The minimum absolute atomic E-state index is 0.0601. The first-order valence-corrected chi connectivity index (χ1v) is 12.0. The molecule has 9 nitrogen and oxygen atoms in total. The summed E-state index contributed by atoms with van der Waals surface area (Å²) in [4.78, 5) is 39.8. The van der Waals surface area contributed by atoms with Crippen LogP contribution in [0.3, 0.4) is 0 Å². The third kappa shape index (κ3) is 5.15. The van der Waals surface area contributed by atoms with Gasteiger partial charge in [-0.15, -0.1) is 0 Å². The summed E-state index contributed by atoms with van der Waals surface area (Å²) in [7, 11) is -3.83. The van der Waals surface area contributed by atoms with Gasteiger partial charge in [0.15, 0.2) is 6.10 Å². The van der Waals surface area contributed by atoms with Gasteiger partial charge in [-0.05, 0) is 37.3 Å². The van der Waals surface area contributed by atoms with Crippen molar-refractivity contribution in [3.8, 4) is 0 Å². The van der Waals surface area contributed by atoms with Crippen LogP contribution >= 0.6 is 0 Å². The van der Waals surface area contributed by atoms with Crippen molar-refractivity contribution in [1.29, 1.82) is 0 Å². The number of amides is 1. The number of anilines is 1. The number of sulfonamides is 1. The summed E-state index contributed by atoms with van der Waals surface area (Å²) in [5.41, 5.74) is -0.673. The quantitative estimate of drug-likeness (QED) is 0.469. The third-order valence-corrected chi connectivity index (χ3v) is 7.21. The predicted molar refractivity (Wildman–Crippen MR) is 125 cm³/mol. The monoisotopic (exact) mass is 489 g/mol. The fraction of sp³-hybridized carbons (Fsp3) is 0.261. The molecule has 3 aromatic rings. The minimum Gasteiger partial charge on any atom is -0.449 e. The maximum Gasteiger partial charge on any atom is 0.339 e. The SMILES string of the molecule is CCN(CC)S(=O)(=O)c1ccc2[nH]c(=O)cc(C(=O)O[C@H](C)C(=O)Nc3ccccc3F)c2c1. The van der Waals surface area contributed by atoms with Crippen molar-refractivity contribution in [3.05, 3.63) is 70.3 Å². The van der Waals surface area contributed by atoms with E-state index in [9.17, 15) is 27.2 Å². The van der Waals surface area contributed by atoms with Crippen LogP contribution < -0.4 is 10.9 Å². The zero-order valence-electron chi connectivity index (χ0n) is 18.8. The molecule has 0 unspecified atom stereocenters. The highest BCUT2D eigenvalue weighted by Crippen LogP contribution is 2.24. The van der Waals surface area contributed by atoms with Crippen LogP contribution in [0.4, 0.5) is 10.1 Å². The van der Waals surface area contributed by atoms with E-state index >= 15 is 0 Å². The van der Waals surface area contributed by atoms with E-state index in [1.165, 1.54) is 53.7 Å². The zero-order chi connectivity index (χ0) is 25.0. The van der Waals surface area contributed by atoms with E-state index in [2.05, 4.69) is 10.3 Å². The van der Waals surface area contributed by atoms with Gasteiger partial charge in [-0.25, -0.2) is 17.6 Å². The molecule has 2 N–H and O–H groups in total. The Morgan fingerprint density at radius 2 is 1.79 bits per heavy atom. The Kier molecular flexibility index (Phi) is 7.48. The molecule has 1 aromatic heterocycles. The first-order valence-electron chi connectivity index (χ1n) is 10.5. The molecule has 34 heavy (non-hydrogen) atoms. The number of H-pyrrole nitrogens is 1. The number of para-hydroxylation sites is 1. The number of halogens is 1. The Morgan fingerprint density at radius 1 is 1.12 bits per heavy atom. The highest BCUT2D eigenvalue weighted by atomic mass is 32.2. The first kappa shape index (κ1) is 25.1. The number of esters is 1. The number of carbonyl (C=O) groups excluding carboxylic acids is 2. The lowest BCUT2D eigenvalue weighted by molar-refractivity contribution is -0.123. The number of nitrogens with one attached hydrogen (secondary N) is 2. The Morgan fingerprint density at radius 3 is 2.44 bits per heavy atom. The summed E-state index contributed by atoms with van der Waals surface area (Å²) < 4.78 is 46.1. The Labute approximate surface area is 195 Å². The second-order valence-corrected chi connectivity index (χ2v) is 9.30. The number of fused-ring (bicyclic) bond motifs is 1. The molecule has 0 saturated carbocycles. The van der Waals surface area contributed by atoms with Gasteiger partial charge in [0.2, 0.25) is 15.6 Å². The summed E-state index contributed by atoms with van der Waals surface area (Å²) in [5.74, 6) is -2.45. The molecule has 0 aliphatic heterocycles. The van der Waals surface area contributed by atoms with Crippen LogP contribution in [0.2, 0.25) is 0 Å². The number of benzene rings is 2. The molecule has 0 spiro atoms. The number of rotatable bonds is 8. The topological polar surface area (TPSA) is 126 Å². The Bertz CT molecular complexity index is 1400. The summed E-state index contributed by atoms with van der Waals surface area (Å²) >= 11 is 0. The molecule has 0 aliphatic carbocycles. The van der Waals surface area contributed by atoms with E-state index in [-0.39, 0.29) is 40.1 Å². The van der Waals surface area contributed by atoms with Crippen LogP contribution in [0.25, 0.3) is 10.9 Å². The molecule has 1 amide bonds. The summed E-state index contributed by atoms with van der Waals surface area (Å²) in [6, 6.07) is 10.5. The Balaban J connectivity index is 1.93. The third-order valence-electron chi connectivity index (χ3n) is 5.16. The van der Waals surface area contributed by atoms with Gasteiger partial charge in [-0.2, -0.15) is 4.31 Å². The molecular formula is C23H24FN3O6S. The van der Waals surface area contributed by atoms with Crippen LogP contribution in [0.1, 0.15) is 31.1 Å². The van der Waals surface area contributed by atoms with Crippen LogP contribution in [-0.2, 0) is 19.6 Å². The highest BCUT2D eigenvalue weighted by Gasteiger charge is 2.25. The largest absolute Gasteiger partial charge is 0.449 e. The molecule has 0 fully saturated rings. The molecule has 3 rings (SSSR count).